The normalized spacial score (nSPS) is 13.8. The van der Waals surface area contributed by atoms with E-state index in [4.69, 9.17) is 21.4 Å². The molecule has 1 heterocycles. The van der Waals surface area contributed by atoms with E-state index in [1.807, 2.05) is 0 Å². The summed E-state index contributed by atoms with van der Waals surface area (Å²) in [4.78, 5) is 17.1. The molecule has 2 aromatic rings. The fourth-order valence-electron chi connectivity index (χ4n) is 2.40. The molecular weight excluding hydrogens is 310 g/mol. The van der Waals surface area contributed by atoms with Crippen LogP contribution in [-0.4, -0.2) is 16.1 Å². The monoisotopic (exact) mass is 323 g/mol. The van der Waals surface area contributed by atoms with Gasteiger partial charge in [0.05, 0.1) is 5.69 Å². The quantitative estimate of drug-likeness (QED) is 0.925. The molecule has 1 aromatic carbocycles. The van der Waals surface area contributed by atoms with Crippen molar-refractivity contribution in [2.24, 2.45) is 0 Å². The van der Waals surface area contributed by atoms with Crippen LogP contribution in [0.4, 0.5) is 0 Å². The highest BCUT2D eigenvalue weighted by Crippen LogP contribution is 2.28. The van der Waals surface area contributed by atoms with Crippen molar-refractivity contribution in [3.05, 3.63) is 44.4 Å². The summed E-state index contributed by atoms with van der Waals surface area (Å²) >= 11 is 7.48. The molecule has 0 spiro atoms. The van der Waals surface area contributed by atoms with Gasteiger partial charge in [0.15, 0.2) is 0 Å². The van der Waals surface area contributed by atoms with Gasteiger partial charge in [-0.05, 0) is 43.9 Å². The number of carboxylic acids is 1. The molecule has 1 N–H and O–H groups in total. The van der Waals surface area contributed by atoms with Crippen LogP contribution in [0.2, 0.25) is 5.02 Å². The van der Waals surface area contributed by atoms with E-state index in [0.717, 1.165) is 17.8 Å². The Bertz CT molecular complexity index is 660. The predicted octanol–water partition coefficient (Wildman–Crippen LogP) is 3.95. The minimum atomic E-state index is -1.05. The van der Waals surface area contributed by atoms with E-state index in [0.29, 0.717) is 17.4 Å². The number of benzene rings is 1. The summed E-state index contributed by atoms with van der Waals surface area (Å²) in [7, 11) is 0. The predicted molar refractivity (Wildman–Crippen MR) is 81.5 cm³/mol. The molecule has 0 unspecified atom stereocenters. The Morgan fingerprint density at radius 2 is 2.19 bits per heavy atom. The second-order valence-electron chi connectivity index (χ2n) is 4.92. The Morgan fingerprint density at radius 3 is 2.95 bits per heavy atom. The van der Waals surface area contributed by atoms with Gasteiger partial charge < -0.3 is 9.84 Å². The van der Waals surface area contributed by atoms with Gasteiger partial charge in [-0.25, -0.2) is 9.78 Å². The van der Waals surface area contributed by atoms with Gasteiger partial charge in [-0.2, -0.15) is 0 Å². The number of carboxylic acid groups (broad SMARTS) is 1. The molecule has 1 aliphatic carbocycles. The minimum absolute atomic E-state index is 0.0730. The zero-order valence-corrected chi connectivity index (χ0v) is 12.8. The lowest BCUT2D eigenvalue weighted by Gasteiger charge is -2.07. The van der Waals surface area contributed by atoms with E-state index in [1.54, 1.807) is 23.5 Å². The number of aromatic nitrogens is 1. The Labute approximate surface area is 131 Å². The second-order valence-corrected chi connectivity index (χ2v) is 6.52. The number of fused-ring (bicyclic) bond motifs is 1. The first-order valence-electron chi connectivity index (χ1n) is 6.76. The van der Waals surface area contributed by atoms with Crippen LogP contribution < -0.4 is 4.74 Å². The summed E-state index contributed by atoms with van der Waals surface area (Å²) in [6, 6.07) is 4.60. The molecule has 110 valence electrons. The van der Waals surface area contributed by atoms with Gasteiger partial charge in [-0.15, -0.1) is 11.3 Å². The van der Waals surface area contributed by atoms with Gasteiger partial charge in [0, 0.05) is 9.90 Å². The van der Waals surface area contributed by atoms with Crippen LogP contribution in [0.5, 0.6) is 5.75 Å². The fourth-order valence-corrected chi connectivity index (χ4v) is 3.64. The van der Waals surface area contributed by atoms with Crippen LogP contribution in [-0.2, 0) is 19.4 Å². The van der Waals surface area contributed by atoms with E-state index in [9.17, 15) is 4.79 Å². The van der Waals surface area contributed by atoms with E-state index in [2.05, 4.69) is 4.98 Å². The van der Waals surface area contributed by atoms with Crippen LogP contribution in [0.25, 0.3) is 0 Å². The van der Waals surface area contributed by atoms with Crippen LogP contribution in [0.15, 0.2) is 18.2 Å². The molecule has 6 heteroatoms. The zero-order valence-electron chi connectivity index (χ0n) is 11.3. The molecule has 1 aliphatic rings. The Hall–Kier alpha value is -1.59. The third-order valence-electron chi connectivity index (χ3n) is 3.41. The SMILES string of the molecule is O=C(O)c1cc(Cl)ccc1OCc1nc2c(s1)CCCC2. The number of halogens is 1. The summed E-state index contributed by atoms with van der Waals surface area (Å²) < 4.78 is 5.63. The maximum atomic E-state index is 11.2. The molecule has 0 fully saturated rings. The number of rotatable bonds is 4. The van der Waals surface area contributed by atoms with Gasteiger partial charge >= 0.3 is 5.97 Å². The van der Waals surface area contributed by atoms with Crippen LogP contribution in [0.1, 0.15) is 38.8 Å². The van der Waals surface area contributed by atoms with E-state index >= 15 is 0 Å². The lowest BCUT2D eigenvalue weighted by molar-refractivity contribution is 0.0691. The lowest BCUT2D eigenvalue weighted by atomic mass is 10.0. The largest absolute Gasteiger partial charge is 0.486 e. The summed E-state index contributed by atoms with van der Waals surface area (Å²) in [5.41, 5.74) is 1.25. The summed E-state index contributed by atoms with van der Waals surface area (Å²) in [6.45, 7) is 0.291. The highest BCUT2D eigenvalue weighted by molar-refractivity contribution is 7.11. The Kier molecular flexibility index (Phi) is 4.12. The smallest absolute Gasteiger partial charge is 0.339 e. The van der Waals surface area contributed by atoms with Crippen molar-refractivity contribution < 1.29 is 14.6 Å². The van der Waals surface area contributed by atoms with Crippen LogP contribution >= 0.6 is 22.9 Å². The average molecular weight is 324 g/mol. The maximum absolute atomic E-state index is 11.2. The number of hydrogen-bond donors (Lipinski definition) is 1. The van der Waals surface area contributed by atoms with Crippen LogP contribution in [0.3, 0.4) is 0 Å². The van der Waals surface area contributed by atoms with Crippen molar-refractivity contribution in [1.82, 2.24) is 4.98 Å². The maximum Gasteiger partial charge on any atom is 0.339 e. The molecule has 0 atom stereocenters. The number of aryl methyl sites for hydroxylation is 2. The highest BCUT2D eigenvalue weighted by atomic mass is 35.5. The molecule has 0 saturated carbocycles. The van der Waals surface area contributed by atoms with Crippen molar-refractivity contribution in [3.63, 3.8) is 0 Å². The third-order valence-corrected chi connectivity index (χ3v) is 4.78. The molecule has 0 saturated heterocycles. The number of ether oxygens (including phenoxy) is 1. The molecule has 0 radical (unpaired) electrons. The first kappa shape index (κ1) is 14.4. The molecule has 0 amide bonds. The van der Waals surface area contributed by atoms with Crippen molar-refractivity contribution in [1.29, 1.82) is 0 Å². The van der Waals surface area contributed by atoms with Gasteiger partial charge in [0.1, 0.15) is 22.9 Å². The molecule has 21 heavy (non-hydrogen) atoms. The molecule has 4 nitrogen and oxygen atoms in total. The van der Waals surface area contributed by atoms with Gasteiger partial charge in [0.2, 0.25) is 0 Å². The third kappa shape index (κ3) is 3.19. The lowest BCUT2D eigenvalue weighted by Crippen LogP contribution is -2.03. The first-order valence-corrected chi connectivity index (χ1v) is 7.96. The number of nitrogens with zero attached hydrogens (tertiary/aromatic N) is 1. The zero-order chi connectivity index (χ0) is 14.8. The van der Waals surface area contributed by atoms with E-state index in [-0.39, 0.29) is 5.56 Å². The van der Waals surface area contributed by atoms with Crippen molar-refractivity contribution >= 4 is 28.9 Å². The van der Waals surface area contributed by atoms with E-state index in [1.165, 1.54) is 29.5 Å². The van der Waals surface area contributed by atoms with Crippen molar-refractivity contribution in [2.75, 3.05) is 0 Å². The molecular formula is C15H14ClNO3S. The number of thiazole rings is 1. The summed E-state index contributed by atoms with van der Waals surface area (Å²) in [5, 5.41) is 10.4. The molecule has 3 rings (SSSR count). The van der Waals surface area contributed by atoms with E-state index < -0.39 is 5.97 Å². The molecule has 1 aromatic heterocycles. The Morgan fingerprint density at radius 1 is 1.38 bits per heavy atom. The van der Waals surface area contributed by atoms with Gasteiger partial charge in [0.25, 0.3) is 0 Å². The number of hydrogen-bond acceptors (Lipinski definition) is 4. The number of carbonyl (C=O) groups is 1. The van der Waals surface area contributed by atoms with Crippen molar-refractivity contribution in [2.45, 2.75) is 32.3 Å². The standard InChI is InChI=1S/C15H14ClNO3S/c16-9-5-6-12(10(7-9)15(18)19)20-8-14-17-11-3-1-2-4-13(11)21-14/h5-7H,1-4,8H2,(H,18,19). The summed E-state index contributed by atoms with van der Waals surface area (Å²) in [6.07, 6.45) is 4.54. The molecule has 0 bridgehead atoms. The van der Waals surface area contributed by atoms with Gasteiger partial charge in [-0.3, -0.25) is 0 Å². The Balaban J connectivity index is 1.75. The first-order chi connectivity index (χ1) is 10.1. The van der Waals surface area contributed by atoms with Crippen molar-refractivity contribution in [3.8, 4) is 5.75 Å². The fraction of sp³-hybridized carbons (Fsp3) is 0.333. The average Bonchev–Trinajstić information content (AvgIpc) is 2.88. The topological polar surface area (TPSA) is 59.4 Å². The second kappa shape index (κ2) is 6.03. The van der Waals surface area contributed by atoms with Gasteiger partial charge in [-0.1, -0.05) is 11.6 Å². The molecule has 0 aliphatic heterocycles. The summed E-state index contributed by atoms with van der Waals surface area (Å²) in [5.74, 6) is -0.731. The number of aromatic carboxylic acids is 1. The highest BCUT2D eigenvalue weighted by Gasteiger charge is 2.16. The van der Waals surface area contributed by atoms with Crippen LogP contribution in [0, 0.1) is 0 Å². The minimum Gasteiger partial charge on any atom is -0.486 e.